The highest BCUT2D eigenvalue weighted by molar-refractivity contribution is 7.11. The van der Waals surface area contributed by atoms with Gasteiger partial charge in [0.05, 0.1) is 27.0 Å². The van der Waals surface area contributed by atoms with Crippen molar-refractivity contribution in [3.63, 3.8) is 0 Å². The molecule has 0 fully saturated rings. The van der Waals surface area contributed by atoms with Crippen molar-refractivity contribution in [1.29, 1.82) is 0 Å². The Morgan fingerprint density at radius 2 is 1.68 bits per heavy atom. The SMILES string of the molecule is COc1cc([C@H]2CC(=O)Nc3c(-c4ccccc4)csc32)cc(OC)c1OC. The molecule has 1 aliphatic heterocycles. The van der Waals surface area contributed by atoms with Crippen LogP contribution < -0.4 is 19.5 Å². The second-order valence-corrected chi connectivity index (χ2v) is 7.43. The second kappa shape index (κ2) is 7.56. The molecule has 0 unspecified atom stereocenters. The van der Waals surface area contributed by atoms with E-state index in [9.17, 15) is 4.79 Å². The third-order valence-corrected chi connectivity index (χ3v) is 6.06. The van der Waals surface area contributed by atoms with Gasteiger partial charge < -0.3 is 19.5 Å². The molecule has 1 N–H and O–H groups in total. The minimum absolute atomic E-state index is 0.00170. The fourth-order valence-electron chi connectivity index (χ4n) is 3.63. The Kier molecular flexibility index (Phi) is 4.96. The molecule has 1 aromatic heterocycles. The molecular weight excluding hydrogens is 374 g/mol. The van der Waals surface area contributed by atoms with Gasteiger partial charge >= 0.3 is 0 Å². The number of hydrogen-bond donors (Lipinski definition) is 1. The zero-order chi connectivity index (χ0) is 19.7. The van der Waals surface area contributed by atoms with Gasteiger partial charge in [0.25, 0.3) is 0 Å². The topological polar surface area (TPSA) is 56.8 Å². The van der Waals surface area contributed by atoms with Crippen LogP contribution in [0.25, 0.3) is 11.1 Å². The van der Waals surface area contributed by atoms with E-state index in [2.05, 4.69) is 22.8 Å². The summed E-state index contributed by atoms with van der Waals surface area (Å²) >= 11 is 1.66. The number of methoxy groups -OCH3 is 3. The normalized spacial score (nSPS) is 15.5. The fourth-order valence-corrected chi connectivity index (χ4v) is 4.79. The molecular formula is C22H21NO4S. The first-order valence-corrected chi connectivity index (χ1v) is 9.80. The summed E-state index contributed by atoms with van der Waals surface area (Å²) in [5.74, 6) is 1.65. The molecule has 1 atom stereocenters. The van der Waals surface area contributed by atoms with Gasteiger partial charge in [0, 0.05) is 28.2 Å². The first-order valence-electron chi connectivity index (χ1n) is 8.92. The van der Waals surface area contributed by atoms with E-state index in [1.807, 2.05) is 30.3 Å². The second-order valence-electron chi connectivity index (χ2n) is 6.52. The third-order valence-electron chi connectivity index (χ3n) is 4.96. The number of fused-ring (bicyclic) bond motifs is 1. The number of rotatable bonds is 5. The number of thiophene rings is 1. The van der Waals surface area contributed by atoms with Crippen LogP contribution in [0.15, 0.2) is 47.8 Å². The van der Waals surface area contributed by atoms with Crippen molar-refractivity contribution < 1.29 is 19.0 Å². The van der Waals surface area contributed by atoms with Gasteiger partial charge in [-0.15, -0.1) is 11.3 Å². The van der Waals surface area contributed by atoms with Crippen LogP contribution in [-0.2, 0) is 4.79 Å². The van der Waals surface area contributed by atoms with Gasteiger partial charge in [-0.3, -0.25) is 4.79 Å². The third kappa shape index (κ3) is 3.10. The van der Waals surface area contributed by atoms with E-state index in [1.165, 1.54) is 0 Å². The largest absolute Gasteiger partial charge is 0.493 e. The number of benzene rings is 2. The molecule has 5 nitrogen and oxygen atoms in total. The Hall–Kier alpha value is -2.99. The minimum Gasteiger partial charge on any atom is -0.493 e. The lowest BCUT2D eigenvalue weighted by Crippen LogP contribution is -2.22. The molecule has 0 saturated heterocycles. The molecule has 2 heterocycles. The molecule has 0 saturated carbocycles. The number of hydrogen-bond acceptors (Lipinski definition) is 5. The van der Waals surface area contributed by atoms with E-state index in [0.29, 0.717) is 23.7 Å². The van der Waals surface area contributed by atoms with Crippen LogP contribution in [0.3, 0.4) is 0 Å². The van der Waals surface area contributed by atoms with E-state index in [-0.39, 0.29) is 11.8 Å². The standard InChI is InChI=1S/C22H21NO4S/c1-25-17-9-14(10-18(26-2)21(17)27-3)15-11-19(24)23-20-16(12-28-22(15)20)13-7-5-4-6-8-13/h4-10,12,15H,11H2,1-3H3,(H,23,24)/t15-/m1/s1. The highest BCUT2D eigenvalue weighted by Crippen LogP contribution is 2.49. The summed E-state index contributed by atoms with van der Waals surface area (Å²) in [5.41, 5.74) is 4.00. The van der Waals surface area contributed by atoms with E-state index >= 15 is 0 Å². The van der Waals surface area contributed by atoms with Gasteiger partial charge in [-0.25, -0.2) is 0 Å². The highest BCUT2D eigenvalue weighted by Gasteiger charge is 2.31. The quantitative estimate of drug-likeness (QED) is 0.667. The summed E-state index contributed by atoms with van der Waals surface area (Å²) in [4.78, 5) is 13.7. The van der Waals surface area contributed by atoms with Crippen LogP contribution in [0.5, 0.6) is 17.2 Å². The fraction of sp³-hybridized carbons (Fsp3) is 0.227. The number of amides is 1. The van der Waals surface area contributed by atoms with Crippen molar-refractivity contribution in [2.45, 2.75) is 12.3 Å². The van der Waals surface area contributed by atoms with Gasteiger partial charge in [-0.1, -0.05) is 30.3 Å². The lowest BCUT2D eigenvalue weighted by molar-refractivity contribution is -0.116. The van der Waals surface area contributed by atoms with Gasteiger partial charge in [-0.2, -0.15) is 0 Å². The maximum Gasteiger partial charge on any atom is 0.225 e. The Morgan fingerprint density at radius 1 is 1.00 bits per heavy atom. The number of ether oxygens (including phenoxy) is 3. The summed E-state index contributed by atoms with van der Waals surface area (Å²) in [7, 11) is 4.77. The average molecular weight is 395 g/mol. The smallest absolute Gasteiger partial charge is 0.225 e. The predicted molar refractivity (Wildman–Crippen MR) is 111 cm³/mol. The van der Waals surface area contributed by atoms with Crippen molar-refractivity contribution in [2.75, 3.05) is 26.6 Å². The maximum atomic E-state index is 12.5. The molecule has 1 amide bonds. The highest BCUT2D eigenvalue weighted by atomic mass is 32.1. The predicted octanol–water partition coefficient (Wildman–Crippen LogP) is 4.92. The molecule has 0 aliphatic carbocycles. The average Bonchev–Trinajstić information content (AvgIpc) is 3.16. The first kappa shape index (κ1) is 18.4. The zero-order valence-corrected chi connectivity index (χ0v) is 16.8. The van der Waals surface area contributed by atoms with Gasteiger partial charge in [-0.05, 0) is 23.3 Å². The van der Waals surface area contributed by atoms with Gasteiger partial charge in [0.2, 0.25) is 11.7 Å². The number of nitrogens with one attached hydrogen (secondary N) is 1. The van der Waals surface area contributed by atoms with Gasteiger partial charge in [0.15, 0.2) is 11.5 Å². The van der Waals surface area contributed by atoms with E-state index in [4.69, 9.17) is 14.2 Å². The Labute approximate surface area is 167 Å². The lowest BCUT2D eigenvalue weighted by atomic mass is 9.88. The molecule has 0 radical (unpaired) electrons. The Balaban J connectivity index is 1.83. The molecule has 3 aromatic rings. The van der Waals surface area contributed by atoms with Crippen molar-refractivity contribution in [3.8, 4) is 28.4 Å². The van der Waals surface area contributed by atoms with Crippen LogP contribution in [0.1, 0.15) is 22.8 Å². The zero-order valence-electron chi connectivity index (χ0n) is 15.9. The molecule has 28 heavy (non-hydrogen) atoms. The van der Waals surface area contributed by atoms with Crippen molar-refractivity contribution in [2.24, 2.45) is 0 Å². The van der Waals surface area contributed by atoms with Crippen LogP contribution in [-0.4, -0.2) is 27.2 Å². The first-order chi connectivity index (χ1) is 13.7. The molecule has 4 rings (SSSR count). The van der Waals surface area contributed by atoms with E-state index in [1.54, 1.807) is 32.7 Å². The summed E-state index contributed by atoms with van der Waals surface area (Å²) in [6.45, 7) is 0. The molecule has 0 spiro atoms. The summed E-state index contributed by atoms with van der Waals surface area (Å²) in [6, 6.07) is 13.9. The van der Waals surface area contributed by atoms with Crippen LogP contribution in [0.2, 0.25) is 0 Å². The molecule has 2 aromatic carbocycles. The molecule has 1 aliphatic rings. The monoisotopic (exact) mass is 395 g/mol. The van der Waals surface area contributed by atoms with Crippen LogP contribution in [0, 0.1) is 0 Å². The Bertz CT molecular complexity index is 988. The lowest BCUT2D eigenvalue weighted by Gasteiger charge is -2.25. The van der Waals surface area contributed by atoms with E-state index < -0.39 is 0 Å². The van der Waals surface area contributed by atoms with Crippen molar-refractivity contribution >= 4 is 22.9 Å². The molecule has 144 valence electrons. The number of carbonyl (C=O) groups excluding carboxylic acids is 1. The Morgan fingerprint density at radius 3 is 2.29 bits per heavy atom. The molecule has 0 bridgehead atoms. The summed E-state index contributed by atoms with van der Waals surface area (Å²) in [5, 5.41) is 5.18. The van der Waals surface area contributed by atoms with Crippen molar-refractivity contribution in [3.05, 3.63) is 58.3 Å². The van der Waals surface area contributed by atoms with E-state index in [0.717, 1.165) is 27.3 Å². The minimum atomic E-state index is -0.0695. The van der Waals surface area contributed by atoms with Gasteiger partial charge in [0.1, 0.15) is 0 Å². The number of anilines is 1. The number of carbonyl (C=O) groups is 1. The van der Waals surface area contributed by atoms with Crippen LogP contribution >= 0.6 is 11.3 Å². The van der Waals surface area contributed by atoms with Crippen LogP contribution in [0.4, 0.5) is 5.69 Å². The molecule has 6 heteroatoms. The van der Waals surface area contributed by atoms with Crippen molar-refractivity contribution in [1.82, 2.24) is 0 Å². The summed E-state index contributed by atoms with van der Waals surface area (Å²) in [6.07, 6.45) is 0.375. The maximum absolute atomic E-state index is 12.5. The summed E-state index contributed by atoms with van der Waals surface area (Å²) < 4.78 is 16.4.